The first-order valence-electron chi connectivity index (χ1n) is 5.41. The smallest absolute Gasteiger partial charge is 0.0319 e. The summed E-state index contributed by atoms with van der Waals surface area (Å²) in [6.07, 6.45) is 7.75. The van der Waals surface area contributed by atoms with Crippen molar-refractivity contribution >= 4 is 15.9 Å². The maximum atomic E-state index is 7.00. The minimum atomic E-state index is 0.898. The van der Waals surface area contributed by atoms with Crippen LogP contribution in [0.15, 0.2) is 0 Å². The first kappa shape index (κ1) is 9.97. The largest absolute Gasteiger partial charge is 0.400 e. The van der Waals surface area contributed by atoms with Crippen LogP contribution in [0.5, 0.6) is 0 Å². The molecule has 4 aliphatic rings. The summed E-state index contributed by atoms with van der Waals surface area (Å²) in [5, 5.41) is 7.00. The SMILES string of the molecule is BrC1C2CC3CC(C2)CC1C3.CO. The number of halogens is 1. The Kier molecular flexibility index (Phi) is 2.99. The predicted molar refractivity (Wildman–Crippen MR) is 57.9 cm³/mol. The monoisotopic (exact) mass is 246 g/mol. The third-order valence-electron chi connectivity index (χ3n) is 4.11. The summed E-state index contributed by atoms with van der Waals surface area (Å²) in [6.45, 7) is 0. The van der Waals surface area contributed by atoms with Gasteiger partial charge in [0.15, 0.2) is 0 Å². The summed E-state index contributed by atoms with van der Waals surface area (Å²) in [7, 11) is 1.00. The van der Waals surface area contributed by atoms with Crippen molar-refractivity contribution in [3.8, 4) is 0 Å². The minimum Gasteiger partial charge on any atom is -0.400 e. The van der Waals surface area contributed by atoms with Crippen LogP contribution in [0.1, 0.15) is 32.1 Å². The van der Waals surface area contributed by atoms with Gasteiger partial charge in [0.05, 0.1) is 0 Å². The van der Waals surface area contributed by atoms with E-state index >= 15 is 0 Å². The summed E-state index contributed by atoms with van der Waals surface area (Å²) in [5.41, 5.74) is 0. The molecule has 4 rings (SSSR count). The molecule has 13 heavy (non-hydrogen) atoms. The van der Waals surface area contributed by atoms with Gasteiger partial charge in [-0.15, -0.1) is 0 Å². The fourth-order valence-corrected chi connectivity index (χ4v) is 4.72. The van der Waals surface area contributed by atoms with E-state index < -0.39 is 0 Å². The molecule has 0 aliphatic heterocycles. The molecule has 4 aliphatic carbocycles. The molecule has 4 fully saturated rings. The molecule has 4 saturated carbocycles. The topological polar surface area (TPSA) is 20.2 Å². The Hall–Kier alpha value is 0.440. The molecule has 0 aromatic carbocycles. The van der Waals surface area contributed by atoms with E-state index in [0.29, 0.717) is 0 Å². The van der Waals surface area contributed by atoms with Crippen LogP contribution in [-0.4, -0.2) is 17.0 Å². The van der Waals surface area contributed by atoms with Crippen LogP contribution in [-0.2, 0) is 0 Å². The van der Waals surface area contributed by atoms with Crippen molar-refractivity contribution in [2.75, 3.05) is 7.11 Å². The second-order valence-corrected chi connectivity index (χ2v) is 5.93. The van der Waals surface area contributed by atoms with E-state index in [1.54, 1.807) is 32.1 Å². The average Bonchev–Trinajstić information content (AvgIpc) is 2.16. The Balaban J connectivity index is 0.000000308. The highest BCUT2D eigenvalue weighted by molar-refractivity contribution is 9.09. The Morgan fingerprint density at radius 1 is 0.846 bits per heavy atom. The van der Waals surface area contributed by atoms with E-state index in [4.69, 9.17) is 5.11 Å². The highest BCUT2D eigenvalue weighted by Crippen LogP contribution is 2.55. The molecule has 1 N–H and O–H groups in total. The first-order valence-corrected chi connectivity index (χ1v) is 6.33. The van der Waals surface area contributed by atoms with Gasteiger partial charge in [-0.25, -0.2) is 0 Å². The van der Waals surface area contributed by atoms with Gasteiger partial charge in [-0.1, -0.05) is 15.9 Å². The van der Waals surface area contributed by atoms with Gasteiger partial charge < -0.3 is 5.11 Å². The van der Waals surface area contributed by atoms with E-state index in [0.717, 1.165) is 35.6 Å². The lowest BCUT2D eigenvalue weighted by Gasteiger charge is -2.52. The standard InChI is InChI=1S/C10H15Br.CH4O/c11-10-8-2-6-1-7(4-8)5-9(10)3-6;1-2/h6-10H,1-5H2;2H,1H3. The number of alkyl halides is 1. The fourth-order valence-electron chi connectivity index (χ4n) is 3.86. The van der Waals surface area contributed by atoms with E-state index in [9.17, 15) is 0 Å². The number of hydrogen-bond donors (Lipinski definition) is 1. The molecule has 0 heterocycles. The van der Waals surface area contributed by atoms with E-state index in [1.807, 2.05) is 0 Å². The number of hydrogen-bond acceptors (Lipinski definition) is 1. The van der Waals surface area contributed by atoms with Crippen molar-refractivity contribution in [2.24, 2.45) is 23.7 Å². The molecule has 1 nitrogen and oxygen atoms in total. The number of aliphatic hydroxyl groups is 1. The molecule has 0 saturated heterocycles. The molecular formula is C11H19BrO. The van der Waals surface area contributed by atoms with Gasteiger partial charge in [0.2, 0.25) is 0 Å². The summed E-state index contributed by atoms with van der Waals surface area (Å²) in [4.78, 5) is 0.898. The third-order valence-corrected chi connectivity index (χ3v) is 5.61. The van der Waals surface area contributed by atoms with Crippen LogP contribution in [0, 0.1) is 23.7 Å². The molecule has 0 aromatic heterocycles. The van der Waals surface area contributed by atoms with Crippen LogP contribution >= 0.6 is 15.9 Å². The van der Waals surface area contributed by atoms with Crippen LogP contribution in [0.3, 0.4) is 0 Å². The summed E-state index contributed by atoms with van der Waals surface area (Å²) in [6, 6.07) is 0. The van der Waals surface area contributed by atoms with Gasteiger partial charge in [0, 0.05) is 11.9 Å². The van der Waals surface area contributed by atoms with Crippen molar-refractivity contribution in [1.29, 1.82) is 0 Å². The summed E-state index contributed by atoms with van der Waals surface area (Å²) < 4.78 is 0. The van der Waals surface area contributed by atoms with E-state index in [-0.39, 0.29) is 0 Å². The maximum Gasteiger partial charge on any atom is 0.0319 e. The van der Waals surface area contributed by atoms with Crippen molar-refractivity contribution < 1.29 is 5.11 Å². The molecule has 0 aromatic rings. The molecule has 0 radical (unpaired) electrons. The van der Waals surface area contributed by atoms with Crippen molar-refractivity contribution in [3.63, 3.8) is 0 Å². The molecule has 76 valence electrons. The first-order chi connectivity index (χ1) is 6.33. The number of aliphatic hydroxyl groups excluding tert-OH is 1. The normalized spacial score (nSPS) is 51.5. The van der Waals surface area contributed by atoms with Gasteiger partial charge in [-0.2, -0.15) is 0 Å². The lowest BCUT2D eigenvalue weighted by Crippen LogP contribution is -2.45. The zero-order chi connectivity index (χ0) is 9.42. The summed E-state index contributed by atoms with van der Waals surface area (Å²) >= 11 is 3.88. The second kappa shape index (κ2) is 3.90. The molecule has 4 bridgehead atoms. The van der Waals surface area contributed by atoms with Crippen LogP contribution < -0.4 is 0 Å². The molecule has 0 amide bonds. The van der Waals surface area contributed by atoms with E-state index in [1.165, 1.54) is 0 Å². The minimum absolute atomic E-state index is 0.898. The van der Waals surface area contributed by atoms with Gasteiger partial charge in [0.25, 0.3) is 0 Å². The molecule has 0 unspecified atom stereocenters. The second-order valence-electron chi connectivity index (χ2n) is 4.88. The zero-order valence-corrected chi connectivity index (χ0v) is 9.83. The number of rotatable bonds is 0. The third kappa shape index (κ3) is 1.68. The average molecular weight is 247 g/mol. The Labute approximate surface area is 89.0 Å². The molecule has 2 heteroatoms. The van der Waals surface area contributed by atoms with Gasteiger partial charge in [-0.3, -0.25) is 0 Å². The van der Waals surface area contributed by atoms with Crippen molar-refractivity contribution in [3.05, 3.63) is 0 Å². The van der Waals surface area contributed by atoms with Crippen molar-refractivity contribution in [2.45, 2.75) is 36.9 Å². The molecule has 0 atom stereocenters. The van der Waals surface area contributed by atoms with Gasteiger partial charge in [-0.05, 0) is 55.8 Å². The molecular weight excluding hydrogens is 228 g/mol. The van der Waals surface area contributed by atoms with Crippen LogP contribution in [0.25, 0.3) is 0 Å². The predicted octanol–water partition coefficient (Wildman–Crippen LogP) is 2.81. The fraction of sp³-hybridized carbons (Fsp3) is 1.00. The highest BCUT2D eigenvalue weighted by Gasteiger charge is 2.46. The van der Waals surface area contributed by atoms with Crippen LogP contribution in [0.4, 0.5) is 0 Å². The Morgan fingerprint density at radius 2 is 1.23 bits per heavy atom. The van der Waals surface area contributed by atoms with E-state index in [2.05, 4.69) is 15.9 Å². The Bertz CT molecular complexity index is 153. The summed E-state index contributed by atoms with van der Waals surface area (Å²) in [5.74, 6) is 4.38. The van der Waals surface area contributed by atoms with Gasteiger partial charge >= 0.3 is 0 Å². The van der Waals surface area contributed by atoms with Crippen molar-refractivity contribution in [1.82, 2.24) is 0 Å². The Morgan fingerprint density at radius 3 is 1.62 bits per heavy atom. The lowest BCUT2D eigenvalue weighted by atomic mass is 9.56. The highest BCUT2D eigenvalue weighted by atomic mass is 79.9. The quantitative estimate of drug-likeness (QED) is 0.652. The van der Waals surface area contributed by atoms with Gasteiger partial charge in [0.1, 0.15) is 0 Å². The maximum absolute atomic E-state index is 7.00. The molecule has 0 spiro atoms. The lowest BCUT2D eigenvalue weighted by molar-refractivity contribution is 0.0288. The van der Waals surface area contributed by atoms with Crippen LogP contribution in [0.2, 0.25) is 0 Å². The zero-order valence-electron chi connectivity index (χ0n) is 8.25.